The summed E-state index contributed by atoms with van der Waals surface area (Å²) >= 11 is 0. The van der Waals surface area contributed by atoms with Gasteiger partial charge in [0.1, 0.15) is 11.2 Å². The van der Waals surface area contributed by atoms with Crippen molar-refractivity contribution in [2.24, 2.45) is 0 Å². The lowest BCUT2D eigenvalue weighted by molar-refractivity contribution is -0.0892. The first-order valence-electron chi connectivity index (χ1n) is 11.0. The molecule has 0 saturated carbocycles. The topological polar surface area (TPSA) is 42.6 Å². The zero-order valence-electron chi connectivity index (χ0n) is 18.7. The van der Waals surface area contributed by atoms with Crippen molar-refractivity contribution >= 4 is 45.7 Å². The Balaban J connectivity index is 1.72. The molecular weight excluding hydrogens is 395 g/mol. The Morgan fingerprint density at radius 1 is 0.750 bits per heavy atom. The highest BCUT2D eigenvalue weighted by Gasteiger charge is 2.37. The van der Waals surface area contributed by atoms with E-state index in [1.54, 1.807) is 13.8 Å². The van der Waals surface area contributed by atoms with E-state index in [1.807, 2.05) is 39.5 Å². The van der Waals surface area contributed by atoms with Gasteiger partial charge in [0, 0.05) is 21.7 Å². The van der Waals surface area contributed by atoms with Crippen LogP contribution in [0.2, 0.25) is 0 Å². The van der Waals surface area contributed by atoms with Crippen LogP contribution in [0.15, 0.2) is 71.1 Å². The minimum Gasteiger partial charge on any atom is -0.455 e. The first-order chi connectivity index (χ1) is 15.3. The normalized spacial score (nSPS) is 13.3. The van der Waals surface area contributed by atoms with Gasteiger partial charge >= 0.3 is 7.48 Å². The van der Waals surface area contributed by atoms with E-state index in [1.165, 1.54) is 22.1 Å². The predicted molar refractivity (Wildman–Crippen MR) is 133 cm³/mol. The molecule has 1 heterocycles. The van der Waals surface area contributed by atoms with Gasteiger partial charge in [0.15, 0.2) is 0 Å². The smallest absolute Gasteiger partial charge is 0.332 e. The van der Waals surface area contributed by atoms with Crippen molar-refractivity contribution in [1.82, 2.24) is 0 Å². The molecule has 0 bridgehead atoms. The van der Waals surface area contributed by atoms with E-state index in [0.29, 0.717) is 0 Å². The average Bonchev–Trinajstić information content (AvgIpc) is 3.30. The summed E-state index contributed by atoms with van der Waals surface area (Å²) in [4.78, 5) is 0. The van der Waals surface area contributed by atoms with Gasteiger partial charge in [-0.05, 0) is 61.3 Å². The van der Waals surface area contributed by atoms with Gasteiger partial charge in [-0.15, -0.1) is 0 Å². The zero-order valence-corrected chi connectivity index (χ0v) is 18.7. The summed E-state index contributed by atoms with van der Waals surface area (Å²) in [6.45, 7) is 7.36. The van der Waals surface area contributed by atoms with E-state index in [0.717, 1.165) is 38.4 Å². The highest BCUT2D eigenvalue weighted by atomic mass is 16.5. The minimum atomic E-state index is -1.01. The summed E-state index contributed by atoms with van der Waals surface area (Å²) in [5.74, 6) is 0. The fraction of sp³-hybridized carbons (Fsp3) is 0.214. The van der Waals surface area contributed by atoms with Gasteiger partial charge in [-0.3, -0.25) is 0 Å². The first kappa shape index (κ1) is 19.6. The molecule has 4 heteroatoms. The van der Waals surface area contributed by atoms with E-state index >= 15 is 0 Å². The molecule has 3 nitrogen and oxygen atoms in total. The summed E-state index contributed by atoms with van der Waals surface area (Å²) < 4.78 is 12.8. The van der Waals surface area contributed by atoms with Crippen LogP contribution in [-0.4, -0.2) is 23.8 Å². The van der Waals surface area contributed by atoms with Crippen LogP contribution < -0.4 is 5.46 Å². The second kappa shape index (κ2) is 6.47. The molecule has 0 aliphatic heterocycles. The van der Waals surface area contributed by atoms with Crippen LogP contribution in [0.25, 0.3) is 55.0 Å². The van der Waals surface area contributed by atoms with E-state index in [4.69, 9.17) is 9.07 Å². The highest BCUT2D eigenvalue weighted by molar-refractivity contribution is 6.59. The molecule has 0 saturated heterocycles. The zero-order chi connectivity index (χ0) is 22.3. The molecule has 0 fully saturated rings. The monoisotopic (exact) mass is 419 g/mol. The second-order valence-corrected chi connectivity index (χ2v) is 9.67. The van der Waals surface area contributed by atoms with Crippen molar-refractivity contribution < 1.29 is 14.2 Å². The third kappa shape index (κ3) is 2.57. The van der Waals surface area contributed by atoms with Gasteiger partial charge in [-0.25, -0.2) is 0 Å². The number of hydrogen-bond donors (Lipinski definition) is 1. The molecule has 5 aromatic rings. The SMILES string of the molecule is CC(C)(O)C(C)(C)O[B]c1c2cccc3c2c(c2oc4ccccc4c12)-c1ccccc1-3. The molecule has 4 aromatic carbocycles. The van der Waals surface area contributed by atoms with E-state index in [-0.39, 0.29) is 0 Å². The third-order valence-corrected chi connectivity index (χ3v) is 7.13. The molecule has 157 valence electrons. The Bertz CT molecular complexity index is 1540. The maximum atomic E-state index is 10.6. The van der Waals surface area contributed by atoms with Gasteiger partial charge in [-0.1, -0.05) is 60.7 Å². The van der Waals surface area contributed by atoms with Crippen LogP contribution >= 0.6 is 0 Å². The lowest BCUT2D eigenvalue weighted by Gasteiger charge is -2.37. The lowest BCUT2D eigenvalue weighted by atomic mass is 9.77. The molecule has 32 heavy (non-hydrogen) atoms. The number of rotatable bonds is 4. The van der Waals surface area contributed by atoms with Crippen molar-refractivity contribution in [3.8, 4) is 22.3 Å². The quantitative estimate of drug-likeness (QED) is 0.346. The second-order valence-electron chi connectivity index (χ2n) is 9.67. The Morgan fingerprint density at radius 2 is 1.41 bits per heavy atom. The molecule has 1 aliphatic rings. The summed E-state index contributed by atoms with van der Waals surface area (Å²) in [5.41, 5.74) is 5.73. The minimum absolute atomic E-state index is 0.773. The van der Waals surface area contributed by atoms with Crippen LogP contribution in [0.5, 0.6) is 0 Å². The van der Waals surface area contributed by atoms with Gasteiger partial charge in [-0.2, -0.15) is 0 Å². The van der Waals surface area contributed by atoms with E-state index in [2.05, 4.69) is 48.5 Å². The Morgan fingerprint density at radius 3 is 2.19 bits per heavy atom. The van der Waals surface area contributed by atoms with Crippen molar-refractivity contribution in [1.29, 1.82) is 0 Å². The fourth-order valence-corrected chi connectivity index (χ4v) is 4.67. The molecule has 1 radical (unpaired) electrons. The standard InChI is InChI=1S/C28H24BO3/c1-27(2,30)28(3,4)32-29-25-20-14-9-13-17-16-10-5-6-11-18(16)23(22(17)20)26-24(25)19-12-7-8-15-21(19)31-26/h5-15,30H,1-4H3. The highest BCUT2D eigenvalue weighted by Crippen LogP contribution is 2.51. The number of benzene rings is 4. The fourth-order valence-electron chi connectivity index (χ4n) is 4.67. The van der Waals surface area contributed by atoms with Crippen LogP contribution in [0.1, 0.15) is 27.7 Å². The molecule has 0 spiro atoms. The van der Waals surface area contributed by atoms with Crippen molar-refractivity contribution in [2.75, 3.05) is 0 Å². The van der Waals surface area contributed by atoms with Gasteiger partial charge < -0.3 is 14.2 Å². The van der Waals surface area contributed by atoms with Gasteiger partial charge in [0.25, 0.3) is 0 Å². The molecule has 6 rings (SSSR count). The molecular formula is C28H24BO3. The molecule has 0 unspecified atom stereocenters. The number of fused-ring (bicyclic) bond motifs is 7. The number of para-hydroxylation sites is 1. The maximum absolute atomic E-state index is 10.6. The molecule has 1 aliphatic carbocycles. The van der Waals surface area contributed by atoms with Gasteiger partial charge in [0.05, 0.1) is 11.2 Å². The van der Waals surface area contributed by atoms with E-state index < -0.39 is 11.2 Å². The molecule has 0 amide bonds. The van der Waals surface area contributed by atoms with Crippen molar-refractivity contribution in [2.45, 2.75) is 38.9 Å². The summed E-state index contributed by atoms with van der Waals surface area (Å²) in [6.07, 6.45) is 0. The average molecular weight is 419 g/mol. The number of furan rings is 1. The summed E-state index contributed by atoms with van der Waals surface area (Å²) in [6, 6.07) is 23.1. The molecule has 1 aromatic heterocycles. The number of aliphatic hydroxyl groups is 1. The predicted octanol–water partition coefficient (Wildman–Crippen LogP) is 6.20. The maximum Gasteiger partial charge on any atom is 0.332 e. The van der Waals surface area contributed by atoms with Crippen LogP contribution in [0.4, 0.5) is 0 Å². The number of hydrogen-bond acceptors (Lipinski definition) is 3. The molecule has 1 N–H and O–H groups in total. The summed E-state index contributed by atoms with van der Waals surface area (Å²) in [5, 5.41) is 15.1. The van der Waals surface area contributed by atoms with Gasteiger partial charge in [0.2, 0.25) is 0 Å². The van der Waals surface area contributed by atoms with Crippen LogP contribution in [-0.2, 0) is 4.65 Å². The Hall–Kier alpha value is -3.08. The molecule has 0 atom stereocenters. The van der Waals surface area contributed by atoms with Crippen molar-refractivity contribution in [3.63, 3.8) is 0 Å². The largest absolute Gasteiger partial charge is 0.455 e. The first-order valence-corrected chi connectivity index (χ1v) is 11.0. The van der Waals surface area contributed by atoms with Crippen molar-refractivity contribution in [3.05, 3.63) is 66.7 Å². The third-order valence-electron chi connectivity index (χ3n) is 7.13. The van der Waals surface area contributed by atoms with Crippen LogP contribution in [0, 0.1) is 0 Å². The Kier molecular flexibility index (Phi) is 3.96. The summed E-state index contributed by atoms with van der Waals surface area (Å²) in [7, 11) is 1.81. The lowest BCUT2D eigenvalue weighted by Crippen LogP contribution is -2.49. The van der Waals surface area contributed by atoms with E-state index in [9.17, 15) is 5.11 Å². The van der Waals surface area contributed by atoms with Crippen LogP contribution in [0.3, 0.4) is 0 Å². The Labute approximate surface area is 187 Å².